The van der Waals surface area contributed by atoms with Gasteiger partial charge in [0.1, 0.15) is 0 Å². The van der Waals surface area contributed by atoms with Crippen LogP contribution in [0.15, 0.2) is 48.5 Å². The monoisotopic (exact) mass is 343 g/mol. The van der Waals surface area contributed by atoms with Crippen LogP contribution in [0.5, 0.6) is 0 Å². The fraction of sp³-hybridized carbons (Fsp3) is 0.300. The summed E-state index contributed by atoms with van der Waals surface area (Å²) in [5.41, 5.74) is 2.99. The van der Waals surface area contributed by atoms with Crippen LogP contribution in [0.2, 0.25) is 5.02 Å². The highest BCUT2D eigenvalue weighted by Crippen LogP contribution is 2.10. The molecular formula is C20H22ClNO2. The first-order valence-corrected chi connectivity index (χ1v) is 8.59. The van der Waals surface area contributed by atoms with Gasteiger partial charge in [-0.3, -0.25) is 9.59 Å². The topological polar surface area (TPSA) is 46.2 Å². The quantitative estimate of drug-likeness (QED) is 0.729. The van der Waals surface area contributed by atoms with Crippen LogP contribution in [0, 0.1) is 0 Å². The molecule has 2 aromatic rings. The van der Waals surface area contributed by atoms with E-state index in [4.69, 9.17) is 11.6 Å². The summed E-state index contributed by atoms with van der Waals surface area (Å²) in [6.45, 7) is 2.63. The Morgan fingerprint density at radius 3 is 2.17 bits per heavy atom. The number of hydrogen-bond donors (Lipinski definition) is 1. The molecular weight excluding hydrogens is 322 g/mol. The third-order valence-electron chi connectivity index (χ3n) is 3.91. The minimum atomic E-state index is -0.0949. The Hall–Kier alpha value is -2.13. The first-order chi connectivity index (χ1) is 11.6. The van der Waals surface area contributed by atoms with Crippen molar-refractivity contribution in [3.63, 3.8) is 0 Å². The highest BCUT2D eigenvalue weighted by atomic mass is 35.5. The van der Waals surface area contributed by atoms with E-state index in [0.29, 0.717) is 17.1 Å². The second-order valence-corrected chi connectivity index (χ2v) is 6.14. The van der Waals surface area contributed by atoms with E-state index < -0.39 is 0 Å². The molecule has 0 saturated carbocycles. The van der Waals surface area contributed by atoms with E-state index >= 15 is 0 Å². The van der Waals surface area contributed by atoms with Gasteiger partial charge in [0.25, 0.3) is 0 Å². The lowest BCUT2D eigenvalue weighted by atomic mass is 10.0. The van der Waals surface area contributed by atoms with Gasteiger partial charge in [-0.2, -0.15) is 0 Å². The van der Waals surface area contributed by atoms with Crippen molar-refractivity contribution in [2.75, 3.05) is 6.54 Å². The Balaban J connectivity index is 1.70. The van der Waals surface area contributed by atoms with Crippen LogP contribution in [0.4, 0.5) is 0 Å². The Labute approximate surface area is 148 Å². The lowest BCUT2D eigenvalue weighted by Crippen LogP contribution is -2.26. The van der Waals surface area contributed by atoms with E-state index in [1.807, 2.05) is 48.5 Å². The van der Waals surface area contributed by atoms with E-state index in [1.165, 1.54) is 5.56 Å². The summed E-state index contributed by atoms with van der Waals surface area (Å²) < 4.78 is 0. The van der Waals surface area contributed by atoms with Crippen LogP contribution in [-0.4, -0.2) is 18.2 Å². The minimum absolute atomic E-state index is 0.00510. The summed E-state index contributed by atoms with van der Waals surface area (Å²) in [5, 5.41) is 3.55. The van der Waals surface area contributed by atoms with Crippen molar-refractivity contribution in [2.45, 2.75) is 32.6 Å². The molecule has 0 fully saturated rings. The number of amides is 1. The van der Waals surface area contributed by atoms with Crippen LogP contribution < -0.4 is 5.32 Å². The molecule has 0 saturated heterocycles. The van der Waals surface area contributed by atoms with Crippen molar-refractivity contribution < 1.29 is 9.59 Å². The van der Waals surface area contributed by atoms with Gasteiger partial charge in [0.2, 0.25) is 5.91 Å². The summed E-state index contributed by atoms with van der Waals surface area (Å²) in [6.07, 6.45) is 2.15. The molecule has 2 rings (SSSR count). The van der Waals surface area contributed by atoms with Gasteiger partial charge in [-0.25, -0.2) is 0 Å². The van der Waals surface area contributed by atoms with Crippen LogP contribution in [0.1, 0.15) is 41.3 Å². The molecule has 0 aromatic heterocycles. The average Bonchev–Trinajstić information content (AvgIpc) is 2.61. The number of carbonyl (C=O) groups excluding carboxylic acids is 2. The predicted octanol–water partition coefficient (Wildman–Crippen LogP) is 4.22. The van der Waals surface area contributed by atoms with E-state index in [1.54, 1.807) is 0 Å². The number of ketones is 1. The molecule has 0 unspecified atom stereocenters. The fourth-order valence-electron chi connectivity index (χ4n) is 2.38. The lowest BCUT2D eigenvalue weighted by molar-refractivity contribution is -0.121. The molecule has 4 heteroatoms. The highest BCUT2D eigenvalue weighted by Gasteiger charge is 2.09. The number of aryl methyl sites for hydroxylation is 1. The summed E-state index contributed by atoms with van der Waals surface area (Å²) in [5.74, 6) is -0.0898. The third-order valence-corrected chi connectivity index (χ3v) is 4.16. The Morgan fingerprint density at radius 2 is 1.54 bits per heavy atom. The molecule has 0 bridgehead atoms. The number of benzene rings is 2. The Kier molecular flexibility index (Phi) is 7.01. The second kappa shape index (κ2) is 9.24. The molecule has 1 N–H and O–H groups in total. The van der Waals surface area contributed by atoms with Gasteiger partial charge in [0.05, 0.1) is 0 Å². The molecule has 0 aliphatic carbocycles. The molecule has 0 aliphatic heterocycles. The number of hydrogen-bond acceptors (Lipinski definition) is 2. The molecule has 126 valence electrons. The molecule has 2 aromatic carbocycles. The van der Waals surface area contributed by atoms with Crippen molar-refractivity contribution in [1.29, 1.82) is 0 Å². The zero-order valence-corrected chi connectivity index (χ0v) is 14.6. The Morgan fingerprint density at radius 1 is 0.917 bits per heavy atom. The summed E-state index contributed by atoms with van der Waals surface area (Å²) in [6, 6.07) is 15.1. The molecule has 24 heavy (non-hydrogen) atoms. The maximum Gasteiger partial charge on any atom is 0.220 e. The number of rotatable bonds is 8. The first kappa shape index (κ1) is 18.2. The van der Waals surface area contributed by atoms with Gasteiger partial charge in [-0.1, -0.05) is 54.9 Å². The molecule has 0 heterocycles. The second-order valence-electron chi connectivity index (χ2n) is 5.70. The van der Waals surface area contributed by atoms with Gasteiger partial charge in [0, 0.05) is 30.0 Å². The molecule has 0 aliphatic rings. The summed E-state index contributed by atoms with van der Waals surface area (Å²) in [7, 11) is 0. The third kappa shape index (κ3) is 5.82. The largest absolute Gasteiger partial charge is 0.356 e. The predicted molar refractivity (Wildman–Crippen MR) is 97.6 cm³/mol. The van der Waals surface area contributed by atoms with Crippen molar-refractivity contribution >= 4 is 23.3 Å². The highest BCUT2D eigenvalue weighted by molar-refractivity contribution is 6.30. The van der Waals surface area contributed by atoms with E-state index in [0.717, 1.165) is 18.4 Å². The Bertz CT molecular complexity index is 678. The molecule has 0 spiro atoms. The van der Waals surface area contributed by atoms with Crippen LogP contribution >= 0.6 is 11.6 Å². The fourth-order valence-corrected chi connectivity index (χ4v) is 2.51. The van der Waals surface area contributed by atoms with E-state index in [9.17, 15) is 9.59 Å². The normalized spacial score (nSPS) is 10.4. The van der Waals surface area contributed by atoms with Gasteiger partial charge in [-0.15, -0.1) is 0 Å². The molecule has 1 amide bonds. The molecule has 3 nitrogen and oxygen atoms in total. The van der Waals surface area contributed by atoms with Crippen molar-refractivity contribution in [1.82, 2.24) is 5.32 Å². The standard InChI is InChI=1S/C20H22ClNO2/c1-2-15-3-7-17(8-4-15)19(23)11-12-20(24)22-14-13-16-5-9-18(21)10-6-16/h3-10H,2,11-14H2,1H3,(H,22,24). The first-order valence-electron chi connectivity index (χ1n) is 8.21. The van der Waals surface area contributed by atoms with Crippen molar-refractivity contribution in [2.24, 2.45) is 0 Å². The van der Waals surface area contributed by atoms with Gasteiger partial charge >= 0.3 is 0 Å². The van der Waals surface area contributed by atoms with Crippen LogP contribution in [0.25, 0.3) is 0 Å². The minimum Gasteiger partial charge on any atom is -0.356 e. The molecule has 0 atom stereocenters. The van der Waals surface area contributed by atoms with Crippen LogP contribution in [-0.2, 0) is 17.6 Å². The maximum absolute atomic E-state index is 12.1. The zero-order chi connectivity index (χ0) is 17.4. The van der Waals surface area contributed by atoms with Gasteiger partial charge in [-0.05, 0) is 36.1 Å². The summed E-state index contributed by atoms with van der Waals surface area (Å²) in [4.78, 5) is 23.9. The van der Waals surface area contributed by atoms with E-state index in [-0.39, 0.29) is 24.5 Å². The lowest BCUT2D eigenvalue weighted by Gasteiger charge is -2.06. The maximum atomic E-state index is 12.1. The zero-order valence-electron chi connectivity index (χ0n) is 13.8. The smallest absolute Gasteiger partial charge is 0.220 e. The van der Waals surface area contributed by atoms with Gasteiger partial charge < -0.3 is 5.32 Å². The van der Waals surface area contributed by atoms with Crippen molar-refractivity contribution in [3.8, 4) is 0 Å². The summed E-state index contributed by atoms with van der Waals surface area (Å²) >= 11 is 5.83. The van der Waals surface area contributed by atoms with Gasteiger partial charge in [0.15, 0.2) is 5.78 Å². The van der Waals surface area contributed by atoms with Crippen molar-refractivity contribution in [3.05, 3.63) is 70.2 Å². The number of halogens is 1. The number of carbonyl (C=O) groups is 2. The molecule has 0 radical (unpaired) electrons. The number of Topliss-reactive ketones (excluding diaryl/α,β-unsaturated/α-hetero) is 1. The SMILES string of the molecule is CCc1ccc(C(=O)CCC(=O)NCCc2ccc(Cl)cc2)cc1. The van der Waals surface area contributed by atoms with E-state index in [2.05, 4.69) is 12.2 Å². The number of nitrogens with one attached hydrogen (secondary N) is 1. The van der Waals surface area contributed by atoms with Crippen LogP contribution in [0.3, 0.4) is 0 Å². The average molecular weight is 344 g/mol.